The Labute approximate surface area is 204 Å². The highest BCUT2D eigenvalue weighted by molar-refractivity contribution is 7.99. The fourth-order valence-electron chi connectivity index (χ4n) is 4.10. The number of piperazine rings is 1. The van der Waals surface area contributed by atoms with Crippen molar-refractivity contribution >= 4 is 51.8 Å². The summed E-state index contributed by atoms with van der Waals surface area (Å²) in [5.74, 6) is 1.51. The van der Waals surface area contributed by atoms with Gasteiger partial charge in [0.1, 0.15) is 11.0 Å². The molecule has 34 heavy (non-hydrogen) atoms. The van der Waals surface area contributed by atoms with Crippen molar-refractivity contribution in [2.45, 2.75) is 11.7 Å². The lowest BCUT2D eigenvalue weighted by molar-refractivity contribution is -0.128. The first-order chi connectivity index (χ1) is 16.6. The van der Waals surface area contributed by atoms with Gasteiger partial charge in [-0.1, -0.05) is 47.6 Å². The molecule has 1 amide bonds. The summed E-state index contributed by atoms with van der Waals surface area (Å²) in [6, 6.07) is 12.9. The predicted molar refractivity (Wildman–Crippen MR) is 134 cm³/mol. The van der Waals surface area contributed by atoms with Crippen molar-refractivity contribution in [3.05, 3.63) is 70.6 Å². The summed E-state index contributed by atoms with van der Waals surface area (Å²) < 4.78 is 3.37. The number of aromatic nitrogens is 5. The molecule has 9 nitrogen and oxygen atoms in total. The van der Waals surface area contributed by atoms with Crippen LogP contribution in [0.5, 0.6) is 0 Å². The van der Waals surface area contributed by atoms with E-state index in [4.69, 9.17) is 11.6 Å². The average Bonchev–Trinajstić information content (AvgIpc) is 3.29. The molecule has 0 aliphatic carbocycles. The van der Waals surface area contributed by atoms with E-state index in [-0.39, 0.29) is 17.2 Å². The molecule has 11 heteroatoms. The summed E-state index contributed by atoms with van der Waals surface area (Å²) in [7, 11) is 0. The number of allylic oxidation sites excluding steroid dienone is 1. The number of pyridine rings is 1. The highest BCUT2D eigenvalue weighted by atomic mass is 35.5. The first kappa shape index (κ1) is 22.4. The van der Waals surface area contributed by atoms with Gasteiger partial charge in [-0.05, 0) is 24.3 Å². The van der Waals surface area contributed by atoms with E-state index in [0.29, 0.717) is 59.7 Å². The minimum Gasteiger partial charge on any atom is -0.353 e. The minimum absolute atomic E-state index is 0.0316. The number of benzene rings is 1. The molecule has 1 saturated heterocycles. The highest BCUT2D eigenvalue weighted by Crippen LogP contribution is 2.23. The Hall–Kier alpha value is -3.37. The van der Waals surface area contributed by atoms with Gasteiger partial charge >= 0.3 is 0 Å². The lowest BCUT2D eigenvalue weighted by atomic mass is 10.2. The summed E-state index contributed by atoms with van der Waals surface area (Å²) in [6.07, 6.45) is 1.65. The number of para-hydroxylation sites is 1. The molecule has 1 aromatic carbocycles. The van der Waals surface area contributed by atoms with E-state index in [2.05, 4.69) is 26.7 Å². The van der Waals surface area contributed by atoms with Gasteiger partial charge in [-0.3, -0.25) is 18.6 Å². The third-order valence-corrected chi connectivity index (χ3v) is 6.90. The van der Waals surface area contributed by atoms with Gasteiger partial charge in [0.05, 0.1) is 16.7 Å². The molecular weight excluding hydrogens is 474 g/mol. The zero-order chi connectivity index (χ0) is 23.7. The van der Waals surface area contributed by atoms with Gasteiger partial charge in [0.15, 0.2) is 5.16 Å². The number of carbonyl (C=O) groups is 1. The number of halogens is 1. The molecular formula is C23H22ClN7O2S. The summed E-state index contributed by atoms with van der Waals surface area (Å²) in [6.45, 7) is 6.66. The second kappa shape index (κ2) is 9.47. The van der Waals surface area contributed by atoms with Gasteiger partial charge in [-0.25, -0.2) is 4.98 Å². The third kappa shape index (κ3) is 4.14. The highest BCUT2D eigenvalue weighted by Gasteiger charge is 2.23. The standard InChI is InChI=1S/C23H22ClN7O2S/c1-2-10-30-21(33)16-6-3-4-7-17(16)31-22(30)26-27-23(31)34-15-20(32)29-13-11-28(12-14-29)19-9-5-8-18(24)25-19/h2-9H,1,10-15H2. The Bertz CT molecular complexity index is 1440. The summed E-state index contributed by atoms with van der Waals surface area (Å²) >= 11 is 7.32. The van der Waals surface area contributed by atoms with Gasteiger partial charge in [-0.2, -0.15) is 0 Å². The van der Waals surface area contributed by atoms with Crippen LogP contribution in [0.4, 0.5) is 5.82 Å². The van der Waals surface area contributed by atoms with E-state index < -0.39 is 0 Å². The van der Waals surface area contributed by atoms with Crippen molar-refractivity contribution in [2.24, 2.45) is 0 Å². The van der Waals surface area contributed by atoms with E-state index in [1.165, 1.54) is 16.3 Å². The van der Waals surface area contributed by atoms with Gasteiger partial charge in [-0.15, -0.1) is 16.8 Å². The van der Waals surface area contributed by atoms with Crippen LogP contribution in [-0.2, 0) is 11.3 Å². The molecule has 1 fully saturated rings. The average molecular weight is 496 g/mol. The number of amides is 1. The number of rotatable bonds is 6. The smallest absolute Gasteiger partial charge is 0.263 e. The topological polar surface area (TPSA) is 88.6 Å². The van der Waals surface area contributed by atoms with E-state index >= 15 is 0 Å². The Morgan fingerprint density at radius 1 is 1.09 bits per heavy atom. The monoisotopic (exact) mass is 495 g/mol. The van der Waals surface area contributed by atoms with Gasteiger partial charge < -0.3 is 9.80 Å². The molecule has 1 aliphatic rings. The number of thioether (sulfide) groups is 1. The first-order valence-corrected chi connectivity index (χ1v) is 12.2. The molecule has 0 unspecified atom stereocenters. The van der Waals surface area contributed by atoms with E-state index in [0.717, 1.165) is 5.82 Å². The maximum atomic E-state index is 12.9. The number of carbonyl (C=O) groups excluding carboxylic acids is 1. The van der Waals surface area contributed by atoms with Crippen LogP contribution in [0.2, 0.25) is 5.15 Å². The quantitative estimate of drug-likeness (QED) is 0.231. The van der Waals surface area contributed by atoms with Gasteiger partial charge in [0, 0.05) is 32.7 Å². The van der Waals surface area contributed by atoms with Crippen LogP contribution in [0.3, 0.4) is 0 Å². The molecule has 0 atom stereocenters. The zero-order valence-corrected chi connectivity index (χ0v) is 19.9. The fourth-order valence-corrected chi connectivity index (χ4v) is 5.10. The summed E-state index contributed by atoms with van der Waals surface area (Å²) in [5, 5.41) is 10.1. The van der Waals surface area contributed by atoms with Crippen molar-refractivity contribution in [1.82, 2.24) is 29.0 Å². The first-order valence-electron chi connectivity index (χ1n) is 10.8. The molecule has 0 spiro atoms. The van der Waals surface area contributed by atoms with E-state index in [1.54, 1.807) is 18.2 Å². The molecule has 0 saturated carbocycles. The van der Waals surface area contributed by atoms with Crippen molar-refractivity contribution < 1.29 is 4.79 Å². The van der Waals surface area contributed by atoms with Crippen LogP contribution in [0.1, 0.15) is 0 Å². The number of hydrogen-bond acceptors (Lipinski definition) is 7. The Kier molecular flexibility index (Phi) is 6.25. The summed E-state index contributed by atoms with van der Waals surface area (Å²) in [5.41, 5.74) is 0.570. The number of hydrogen-bond donors (Lipinski definition) is 0. The van der Waals surface area contributed by atoms with Crippen molar-refractivity contribution in [2.75, 3.05) is 36.8 Å². The zero-order valence-electron chi connectivity index (χ0n) is 18.3. The maximum Gasteiger partial charge on any atom is 0.263 e. The summed E-state index contributed by atoms with van der Waals surface area (Å²) in [4.78, 5) is 34.2. The second-order valence-corrected chi connectivity index (χ2v) is 9.14. The van der Waals surface area contributed by atoms with Gasteiger partial charge in [0.25, 0.3) is 5.56 Å². The Morgan fingerprint density at radius 2 is 1.88 bits per heavy atom. The fraction of sp³-hybridized carbons (Fsp3) is 0.261. The predicted octanol–water partition coefficient (Wildman–Crippen LogP) is 2.72. The van der Waals surface area contributed by atoms with E-state index in [1.807, 2.05) is 39.6 Å². The second-order valence-electron chi connectivity index (χ2n) is 7.81. The van der Waals surface area contributed by atoms with Crippen LogP contribution in [0.15, 0.2) is 65.1 Å². The van der Waals surface area contributed by atoms with Gasteiger partial charge in [0.2, 0.25) is 11.7 Å². The molecule has 0 N–H and O–H groups in total. The molecule has 1 aliphatic heterocycles. The SMILES string of the molecule is C=CCn1c(=O)c2ccccc2n2c(SCC(=O)N3CCN(c4cccc(Cl)n4)CC3)nnc12. The van der Waals surface area contributed by atoms with Crippen molar-refractivity contribution in [3.8, 4) is 0 Å². The van der Waals surface area contributed by atoms with Crippen LogP contribution >= 0.6 is 23.4 Å². The number of nitrogens with zero attached hydrogens (tertiary/aromatic N) is 7. The molecule has 5 rings (SSSR count). The molecule has 0 bridgehead atoms. The minimum atomic E-state index is -0.143. The largest absolute Gasteiger partial charge is 0.353 e. The van der Waals surface area contributed by atoms with Crippen LogP contribution in [0.25, 0.3) is 16.7 Å². The lowest BCUT2D eigenvalue weighted by Crippen LogP contribution is -2.49. The van der Waals surface area contributed by atoms with Crippen LogP contribution in [-0.4, -0.2) is 66.9 Å². The van der Waals surface area contributed by atoms with Crippen LogP contribution < -0.4 is 10.5 Å². The maximum absolute atomic E-state index is 12.9. The van der Waals surface area contributed by atoms with E-state index in [9.17, 15) is 9.59 Å². The molecule has 0 radical (unpaired) electrons. The van der Waals surface area contributed by atoms with Crippen molar-refractivity contribution in [1.29, 1.82) is 0 Å². The Morgan fingerprint density at radius 3 is 2.65 bits per heavy atom. The Balaban J connectivity index is 1.32. The normalized spacial score (nSPS) is 14.1. The lowest BCUT2D eigenvalue weighted by Gasteiger charge is -2.35. The third-order valence-electron chi connectivity index (χ3n) is 5.77. The molecule has 4 heterocycles. The number of anilines is 1. The van der Waals surface area contributed by atoms with Crippen molar-refractivity contribution in [3.63, 3.8) is 0 Å². The number of fused-ring (bicyclic) bond motifs is 3. The molecule has 4 aromatic rings. The molecule has 174 valence electrons. The molecule has 3 aromatic heterocycles. The van der Waals surface area contributed by atoms with Crippen LogP contribution in [0, 0.1) is 0 Å².